The van der Waals surface area contributed by atoms with Gasteiger partial charge in [-0.25, -0.2) is 0 Å². The van der Waals surface area contributed by atoms with Gasteiger partial charge < -0.3 is 15.3 Å². The largest absolute Gasteiger partial charge is 0.390 e. The van der Waals surface area contributed by atoms with Gasteiger partial charge in [0.15, 0.2) is 0 Å². The van der Waals surface area contributed by atoms with Crippen LogP contribution < -0.4 is 5.32 Å². The molecule has 2 N–H and O–H groups in total. The minimum absolute atomic E-state index is 0.300. The summed E-state index contributed by atoms with van der Waals surface area (Å²) in [6.07, 6.45) is 0.805. The Bertz CT molecular complexity index is 398. The molecule has 1 aromatic carbocycles. The highest BCUT2D eigenvalue weighted by Gasteiger charge is 2.27. The number of hydrogen-bond acceptors (Lipinski definition) is 4. The number of β-amino-alcohol motifs (C(OH)–C–C–N with tert-alkyl or cyclic N) is 1. The zero-order chi connectivity index (χ0) is 15.1. The van der Waals surface area contributed by atoms with E-state index in [-0.39, 0.29) is 6.10 Å². The number of nitrogens with zero attached hydrogens (tertiary/aromatic N) is 2. The smallest absolute Gasteiger partial charge is 0.0791 e. The molecule has 4 heteroatoms. The molecule has 2 unspecified atom stereocenters. The lowest BCUT2D eigenvalue weighted by atomic mass is 10.0. The monoisotopic (exact) mass is 291 g/mol. The lowest BCUT2D eigenvalue weighted by Crippen LogP contribution is -2.50. The van der Waals surface area contributed by atoms with Gasteiger partial charge in [-0.05, 0) is 25.6 Å². The van der Waals surface area contributed by atoms with Gasteiger partial charge in [0, 0.05) is 38.8 Å². The van der Waals surface area contributed by atoms with Crippen LogP contribution in [0.5, 0.6) is 0 Å². The Labute approximate surface area is 128 Å². The van der Waals surface area contributed by atoms with Gasteiger partial charge in [-0.2, -0.15) is 0 Å². The molecule has 0 amide bonds. The molecular weight excluding hydrogens is 262 g/mol. The summed E-state index contributed by atoms with van der Waals surface area (Å²) >= 11 is 0. The second-order valence-corrected chi connectivity index (χ2v) is 6.04. The zero-order valence-corrected chi connectivity index (χ0v) is 13.3. The van der Waals surface area contributed by atoms with E-state index in [9.17, 15) is 5.11 Å². The maximum Gasteiger partial charge on any atom is 0.0791 e. The van der Waals surface area contributed by atoms with Crippen molar-refractivity contribution in [1.29, 1.82) is 0 Å². The first-order valence-electron chi connectivity index (χ1n) is 8.07. The van der Waals surface area contributed by atoms with Crippen molar-refractivity contribution < 1.29 is 5.11 Å². The number of likely N-dealkylation sites (N-methyl/N-ethyl adjacent to an activating group) is 1. The SMILES string of the molecule is CCCNCC(O)CN1CCN(C)CC1c1ccccc1. The minimum Gasteiger partial charge on any atom is -0.390 e. The van der Waals surface area contributed by atoms with Crippen molar-refractivity contribution in [2.75, 3.05) is 46.3 Å². The molecular formula is C17H29N3O. The quantitative estimate of drug-likeness (QED) is 0.744. The molecule has 0 bridgehead atoms. The van der Waals surface area contributed by atoms with Gasteiger partial charge in [-0.15, -0.1) is 0 Å². The third-order valence-electron chi connectivity index (χ3n) is 4.13. The highest BCUT2D eigenvalue weighted by atomic mass is 16.3. The second kappa shape index (κ2) is 8.49. The van der Waals surface area contributed by atoms with E-state index in [4.69, 9.17) is 0 Å². The summed E-state index contributed by atoms with van der Waals surface area (Å²) in [6.45, 7) is 7.65. The molecule has 0 radical (unpaired) electrons. The van der Waals surface area contributed by atoms with Crippen LogP contribution in [0.3, 0.4) is 0 Å². The number of nitrogens with one attached hydrogen (secondary N) is 1. The highest BCUT2D eigenvalue weighted by molar-refractivity contribution is 5.20. The molecule has 21 heavy (non-hydrogen) atoms. The zero-order valence-electron chi connectivity index (χ0n) is 13.3. The highest BCUT2D eigenvalue weighted by Crippen LogP contribution is 2.24. The van der Waals surface area contributed by atoms with Crippen LogP contribution in [0.2, 0.25) is 0 Å². The first kappa shape index (κ1) is 16.4. The number of aliphatic hydroxyl groups is 1. The molecule has 0 aromatic heterocycles. The van der Waals surface area contributed by atoms with Crippen molar-refractivity contribution in [2.45, 2.75) is 25.5 Å². The van der Waals surface area contributed by atoms with Crippen molar-refractivity contribution in [3.8, 4) is 0 Å². The first-order chi connectivity index (χ1) is 10.2. The van der Waals surface area contributed by atoms with Gasteiger partial charge in [-0.1, -0.05) is 37.3 Å². The predicted molar refractivity (Wildman–Crippen MR) is 87.4 cm³/mol. The first-order valence-corrected chi connectivity index (χ1v) is 8.07. The predicted octanol–water partition coefficient (Wildman–Crippen LogP) is 1.34. The fraction of sp³-hybridized carbons (Fsp3) is 0.647. The molecule has 4 nitrogen and oxygen atoms in total. The summed E-state index contributed by atoms with van der Waals surface area (Å²) in [5.74, 6) is 0. The maximum atomic E-state index is 10.2. The van der Waals surface area contributed by atoms with Gasteiger partial charge in [0.05, 0.1) is 6.10 Å². The fourth-order valence-corrected chi connectivity index (χ4v) is 2.95. The summed E-state index contributed by atoms with van der Waals surface area (Å²) in [7, 11) is 2.17. The van der Waals surface area contributed by atoms with Crippen molar-refractivity contribution >= 4 is 0 Å². The van der Waals surface area contributed by atoms with Gasteiger partial charge in [0.2, 0.25) is 0 Å². The van der Waals surface area contributed by atoms with Crippen molar-refractivity contribution in [3.63, 3.8) is 0 Å². The molecule has 2 rings (SSSR count). The summed E-state index contributed by atoms with van der Waals surface area (Å²) in [4.78, 5) is 4.80. The molecule has 0 saturated carbocycles. The number of aliphatic hydroxyl groups excluding tert-OH is 1. The lowest BCUT2D eigenvalue weighted by Gasteiger charge is -2.41. The van der Waals surface area contributed by atoms with Gasteiger partial charge in [0.1, 0.15) is 0 Å². The Kier molecular flexibility index (Phi) is 6.64. The molecule has 1 heterocycles. The molecule has 0 aliphatic carbocycles. The number of benzene rings is 1. The summed E-state index contributed by atoms with van der Waals surface area (Å²) in [6, 6.07) is 11.0. The molecule has 1 aliphatic heterocycles. The number of rotatable bonds is 7. The van der Waals surface area contributed by atoms with E-state index in [2.05, 4.69) is 59.4 Å². The van der Waals surface area contributed by atoms with Crippen LogP contribution in [0.4, 0.5) is 0 Å². The Balaban J connectivity index is 1.95. The van der Waals surface area contributed by atoms with Crippen molar-refractivity contribution in [3.05, 3.63) is 35.9 Å². The number of piperazine rings is 1. The molecule has 2 atom stereocenters. The van der Waals surface area contributed by atoms with E-state index in [1.54, 1.807) is 0 Å². The Morgan fingerprint density at radius 3 is 2.76 bits per heavy atom. The molecule has 1 fully saturated rings. The second-order valence-electron chi connectivity index (χ2n) is 6.04. The standard InChI is InChI=1S/C17H29N3O/c1-3-9-18-12-16(21)13-20-11-10-19(2)14-17(20)15-7-5-4-6-8-15/h4-8,16-18,21H,3,9-14H2,1-2H3. The van der Waals surface area contributed by atoms with Crippen LogP contribution in [-0.4, -0.2) is 67.3 Å². The van der Waals surface area contributed by atoms with Crippen LogP contribution >= 0.6 is 0 Å². The summed E-state index contributed by atoms with van der Waals surface area (Å²) in [5.41, 5.74) is 1.35. The van der Waals surface area contributed by atoms with E-state index in [1.807, 2.05) is 0 Å². The van der Waals surface area contributed by atoms with Gasteiger partial charge >= 0.3 is 0 Å². The summed E-state index contributed by atoms with van der Waals surface area (Å²) in [5, 5.41) is 13.5. The fourth-order valence-electron chi connectivity index (χ4n) is 2.95. The van der Waals surface area contributed by atoms with Gasteiger partial charge in [-0.3, -0.25) is 4.90 Å². The van der Waals surface area contributed by atoms with E-state index < -0.39 is 0 Å². The van der Waals surface area contributed by atoms with Crippen LogP contribution in [0, 0.1) is 0 Å². The van der Waals surface area contributed by atoms with E-state index in [0.717, 1.165) is 39.1 Å². The van der Waals surface area contributed by atoms with Crippen LogP contribution in [0.15, 0.2) is 30.3 Å². The van der Waals surface area contributed by atoms with Crippen LogP contribution in [0.1, 0.15) is 24.9 Å². The van der Waals surface area contributed by atoms with Crippen LogP contribution in [-0.2, 0) is 0 Å². The lowest BCUT2D eigenvalue weighted by molar-refractivity contribution is 0.0407. The normalized spacial score (nSPS) is 22.3. The van der Waals surface area contributed by atoms with E-state index >= 15 is 0 Å². The minimum atomic E-state index is -0.300. The molecule has 1 aliphatic rings. The number of hydrogen-bond donors (Lipinski definition) is 2. The topological polar surface area (TPSA) is 38.7 Å². The maximum absolute atomic E-state index is 10.2. The average Bonchev–Trinajstić information content (AvgIpc) is 2.50. The Hall–Kier alpha value is -0.940. The van der Waals surface area contributed by atoms with Crippen molar-refractivity contribution in [1.82, 2.24) is 15.1 Å². The van der Waals surface area contributed by atoms with E-state index in [1.165, 1.54) is 5.56 Å². The average molecular weight is 291 g/mol. The summed E-state index contributed by atoms with van der Waals surface area (Å²) < 4.78 is 0. The Morgan fingerprint density at radius 2 is 2.05 bits per heavy atom. The molecule has 1 aromatic rings. The van der Waals surface area contributed by atoms with E-state index in [0.29, 0.717) is 12.6 Å². The molecule has 0 spiro atoms. The van der Waals surface area contributed by atoms with Crippen molar-refractivity contribution in [2.24, 2.45) is 0 Å². The Morgan fingerprint density at radius 1 is 1.29 bits per heavy atom. The third-order valence-corrected chi connectivity index (χ3v) is 4.13. The third kappa shape index (κ3) is 5.08. The molecule has 1 saturated heterocycles. The molecule has 118 valence electrons. The van der Waals surface area contributed by atoms with Crippen LogP contribution in [0.25, 0.3) is 0 Å². The van der Waals surface area contributed by atoms with Gasteiger partial charge in [0.25, 0.3) is 0 Å².